The number of para-hydroxylation sites is 1. The summed E-state index contributed by atoms with van der Waals surface area (Å²) in [6, 6.07) is 5.33. The van der Waals surface area contributed by atoms with Crippen molar-refractivity contribution in [3.63, 3.8) is 0 Å². The quantitative estimate of drug-likeness (QED) is 0.705. The monoisotopic (exact) mass is 386 g/mol. The van der Waals surface area contributed by atoms with E-state index in [0.29, 0.717) is 0 Å². The predicted molar refractivity (Wildman–Crippen MR) is 99.9 cm³/mol. The van der Waals surface area contributed by atoms with E-state index < -0.39 is 17.6 Å². The molecule has 1 fully saturated rings. The number of pyridine rings is 1. The van der Waals surface area contributed by atoms with Gasteiger partial charge >= 0.3 is 0 Å². The number of nitrogens with one attached hydrogen (secondary N) is 3. The van der Waals surface area contributed by atoms with Crippen molar-refractivity contribution in [2.45, 2.75) is 12.8 Å². The number of rotatable bonds is 6. The molecule has 0 saturated heterocycles. The molecule has 1 aromatic heterocycles. The molecule has 28 heavy (non-hydrogen) atoms. The van der Waals surface area contributed by atoms with E-state index >= 15 is 0 Å². The van der Waals surface area contributed by atoms with E-state index in [4.69, 9.17) is 4.74 Å². The van der Waals surface area contributed by atoms with Gasteiger partial charge in [0.05, 0.1) is 23.9 Å². The summed E-state index contributed by atoms with van der Waals surface area (Å²) in [5, 5.41) is 7.67. The van der Waals surface area contributed by atoms with Crippen LogP contribution in [0.25, 0.3) is 0 Å². The zero-order valence-electron chi connectivity index (χ0n) is 15.3. The fourth-order valence-corrected chi connectivity index (χ4v) is 2.60. The third-order valence-corrected chi connectivity index (χ3v) is 4.24. The lowest BCUT2D eigenvalue weighted by Crippen LogP contribution is -2.23. The summed E-state index contributed by atoms with van der Waals surface area (Å²) >= 11 is 0. The predicted octanol–water partition coefficient (Wildman–Crippen LogP) is 2.19. The molecule has 0 spiro atoms. The highest BCUT2D eigenvalue weighted by molar-refractivity contribution is 6.10. The topological polar surface area (TPSA) is 109 Å². The van der Waals surface area contributed by atoms with Gasteiger partial charge in [0.25, 0.3) is 11.8 Å². The lowest BCUT2D eigenvalue weighted by molar-refractivity contribution is -0.117. The van der Waals surface area contributed by atoms with Crippen LogP contribution in [0.2, 0.25) is 0 Å². The van der Waals surface area contributed by atoms with Crippen LogP contribution in [0.3, 0.4) is 0 Å². The Labute approximate surface area is 160 Å². The Morgan fingerprint density at radius 3 is 2.54 bits per heavy atom. The maximum absolute atomic E-state index is 13.9. The van der Waals surface area contributed by atoms with Crippen molar-refractivity contribution in [2.75, 3.05) is 24.8 Å². The van der Waals surface area contributed by atoms with E-state index in [9.17, 15) is 18.8 Å². The highest BCUT2D eigenvalue weighted by Crippen LogP contribution is 2.30. The molecule has 3 amide bonds. The van der Waals surface area contributed by atoms with Crippen molar-refractivity contribution in [2.24, 2.45) is 5.92 Å². The molecular weight excluding hydrogens is 367 g/mol. The second-order valence-corrected chi connectivity index (χ2v) is 6.23. The number of hydrogen-bond donors (Lipinski definition) is 3. The van der Waals surface area contributed by atoms with E-state index in [-0.39, 0.29) is 40.2 Å². The van der Waals surface area contributed by atoms with Gasteiger partial charge in [-0.15, -0.1) is 0 Å². The molecule has 0 atom stereocenters. The SMILES string of the molecule is CNC(=O)c1cnc(NC(=O)C2CC2)cc1NC(=O)c1cccc(F)c1OC. The summed E-state index contributed by atoms with van der Waals surface area (Å²) < 4.78 is 18.8. The third kappa shape index (κ3) is 4.08. The molecule has 9 heteroatoms. The van der Waals surface area contributed by atoms with E-state index in [2.05, 4.69) is 20.9 Å². The molecule has 2 aromatic rings. The first-order valence-electron chi connectivity index (χ1n) is 8.61. The van der Waals surface area contributed by atoms with Crippen molar-refractivity contribution >= 4 is 29.2 Å². The van der Waals surface area contributed by atoms with Gasteiger partial charge in [0, 0.05) is 25.2 Å². The van der Waals surface area contributed by atoms with Gasteiger partial charge in [0.15, 0.2) is 11.6 Å². The molecule has 1 aliphatic carbocycles. The van der Waals surface area contributed by atoms with Gasteiger partial charge in [0.1, 0.15) is 5.82 Å². The van der Waals surface area contributed by atoms with Crippen molar-refractivity contribution in [1.29, 1.82) is 0 Å². The van der Waals surface area contributed by atoms with Gasteiger partial charge in [-0.2, -0.15) is 0 Å². The Hall–Kier alpha value is -3.49. The summed E-state index contributed by atoms with van der Waals surface area (Å²) in [7, 11) is 2.69. The molecule has 1 heterocycles. The molecule has 3 N–H and O–H groups in total. The van der Waals surface area contributed by atoms with Crippen LogP contribution in [0.4, 0.5) is 15.9 Å². The van der Waals surface area contributed by atoms with Crippen molar-refractivity contribution in [1.82, 2.24) is 10.3 Å². The van der Waals surface area contributed by atoms with Gasteiger partial charge < -0.3 is 20.7 Å². The van der Waals surface area contributed by atoms with Crippen LogP contribution >= 0.6 is 0 Å². The van der Waals surface area contributed by atoms with Gasteiger partial charge in [-0.1, -0.05) is 6.07 Å². The summed E-state index contributed by atoms with van der Waals surface area (Å²) in [5.74, 6) is -2.04. The highest BCUT2D eigenvalue weighted by atomic mass is 19.1. The Morgan fingerprint density at radius 2 is 1.89 bits per heavy atom. The average molecular weight is 386 g/mol. The Morgan fingerprint density at radius 1 is 1.14 bits per heavy atom. The smallest absolute Gasteiger partial charge is 0.259 e. The molecule has 146 valence electrons. The summed E-state index contributed by atoms with van der Waals surface area (Å²) in [4.78, 5) is 40.8. The molecule has 8 nitrogen and oxygen atoms in total. The number of methoxy groups -OCH3 is 1. The standard InChI is InChI=1S/C19H19FN4O4/c1-21-18(26)12-9-22-15(24-17(25)10-6-7-10)8-14(12)23-19(27)11-4-3-5-13(20)16(11)28-2/h3-5,8-10H,6-7H2,1-2H3,(H,21,26)(H2,22,23,24,25,27). The molecule has 0 bridgehead atoms. The van der Waals surface area contributed by atoms with Crippen molar-refractivity contribution in [3.05, 3.63) is 47.4 Å². The molecule has 1 saturated carbocycles. The molecule has 0 aliphatic heterocycles. The normalized spacial score (nSPS) is 12.8. The number of ether oxygens (including phenoxy) is 1. The van der Waals surface area contributed by atoms with Gasteiger partial charge in [0.2, 0.25) is 5.91 Å². The Kier molecular flexibility index (Phi) is 5.53. The Balaban J connectivity index is 1.91. The number of carbonyl (C=O) groups excluding carboxylic acids is 3. The minimum Gasteiger partial charge on any atom is -0.493 e. The first-order chi connectivity index (χ1) is 13.4. The number of amides is 3. The van der Waals surface area contributed by atoms with E-state index in [1.165, 1.54) is 44.6 Å². The van der Waals surface area contributed by atoms with Gasteiger partial charge in [-0.05, 0) is 25.0 Å². The lowest BCUT2D eigenvalue weighted by atomic mass is 10.1. The first-order valence-corrected chi connectivity index (χ1v) is 8.61. The maximum Gasteiger partial charge on any atom is 0.259 e. The molecule has 1 aliphatic rings. The molecule has 0 unspecified atom stereocenters. The second kappa shape index (κ2) is 8.03. The van der Waals surface area contributed by atoms with Crippen LogP contribution in [-0.2, 0) is 4.79 Å². The minimum atomic E-state index is -0.686. The van der Waals surface area contributed by atoms with Crippen molar-refractivity contribution in [3.8, 4) is 5.75 Å². The maximum atomic E-state index is 13.9. The molecule has 3 rings (SSSR count). The van der Waals surface area contributed by atoms with E-state index in [1.807, 2.05) is 0 Å². The van der Waals surface area contributed by atoms with Crippen LogP contribution in [-0.4, -0.2) is 36.9 Å². The number of hydrogen-bond acceptors (Lipinski definition) is 5. The largest absolute Gasteiger partial charge is 0.493 e. The van der Waals surface area contributed by atoms with Gasteiger partial charge in [-0.25, -0.2) is 9.37 Å². The zero-order valence-corrected chi connectivity index (χ0v) is 15.3. The number of halogens is 1. The second-order valence-electron chi connectivity index (χ2n) is 6.23. The van der Waals surface area contributed by atoms with Crippen LogP contribution < -0.4 is 20.7 Å². The fourth-order valence-electron chi connectivity index (χ4n) is 2.60. The minimum absolute atomic E-state index is 0.0324. The number of carbonyl (C=O) groups is 3. The van der Waals surface area contributed by atoms with Crippen LogP contribution in [0, 0.1) is 11.7 Å². The van der Waals surface area contributed by atoms with Crippen molar-refractivity contribution < 1.29 is 23.5 Å². The first kappa shape index (κ1) is 19.3. The number of nitrogens with zero attached hydrogens (tertiary/aromatic N) is 1. The summed E-state index contributed by atoms with van der Waals surface area (Å²) in [5.41, 5.74) is 0.179. The van der Waals surface area contributed by atoms with Gasteiger partial charge in [-0.3, -0.25) is 14.4 Å². The molecular formula is C19H19FN4O4. The third-order valence-electron chi connectivity index (χ3n) is 4.24. The summed E-state index contributed by atoms with van der Waals surface area (Å²) in [6.45, 7) is 0. The molecule has 1 aromatic carbocycles. The Bertz CT molecular complexity index is 944. The fraction of sp³-hybridized carbons (Fsp3) is 0.263. The highest BCUT2D eigenvalue weighted by Gasteiger charge is 2.30. The van der Waals surface area contributed by atoms with Crippen LogP contribution in [0.15, 0.2) is 30.5 Å². The molecule has 0 radical (unpaired) electrons. The van der Waals surface area contributed by atoms with E-state index in [0.717, 1.165) is 12.8 Å². The van der Waals surface area contributed by atoms with Crippen LogP contribution in [0.5, 0.6) is 5.75 Å². The number of aromatic nitrogens is 1. The zero-order chi connectivity index (χ0) is 20.3. The lowest BCUT2D eigenvalue weighted by Gasteiger charge is -2.14. The van der Waals surface area contributed by atoms with Crippen LogP contribution in [0.1, 0.15) is 33.6 Å². The number of anilines is 2. The van der Waals surface area contributed by atoms with E-state index in [1.54, 1.807) is 0 Å². The average Bonchev–Trinajstić information content (AvgIpc) is 3.52. The number of benzene rings is 1. The summed E-state index contributed by atoms with van der Waals surface area (Å²) in [6.07, 6.45) is 2.90.